The summed E-state index contributed by atoms with van der Waals surface area (Å²) in [6.45, 7) is 0.542. The Morgan fingerprint density at radius 2 is 2.17 bits per heavy atom. The van der Waals surface area contributed by atoms with Crippen LogP contribution in [0.4, 0.5) is 8.78 Å². The fraction of sp³-hybridized carbons (Fsp3) is 0.417. The first kappa shape index (κ1) is 13.6. The Kier molecular flexibility index (Phi) is 4.09. The van der Waals surface area contributed by atoms with Gasteiger partial charge in [0.05, 0.1) is 29.2 Å². The van der Waals surface area contributed by atoms with E-state index in [1.165, 1.54) is 6.07 Å². The van der Waals surface area contributed by atoms with Crippen LogP contribution in [0.1, 0.15) is 10.4 Å². The van der Waals surface area contributed by atoms with Gasteiger partial charge in [0, 0.05) is 6.04 Å². The normalized spacial score (nSPS) is 23.3. The first-order valence-corrected chi connectivity index (χ1v) is 6.28. The van der Waals surface area contributed by atoms with E-state index in [9.17, 15) is 13.6 Å². The van der Waals surface area contributed by atoms with Gasteiger partial charge >= 0.3 is 0 Å². The molecule has 1 saturated heterocycles. The summed E-state index contributed by atoms with van der Waals surface area (Å²) in [5, 5.41) is 2.92. The standard InChI is InChI=1S/C12H12BrF2NO2/c1-16-9-5-18-4-6(9)12(17)10-8(14)3-2-7(13)11(10)15/h2-3,6,9,16H,4-5H2,1H3. The highest BCUT2D eigenvalue weighted by molar-refractivity contribution is 9.10. The van der Waals surface area contributed by atoms with Crippen LogP contribution < -0.4 is 5.32 Å². The van der Waals surface area contributed by atoms with Crippen molar-refractivity contribution in [2.24, 2.45) is 5.92 Å². The van der Waals surface area contributed by atoms with E-state index in [2.05, 4.69) is 21.2 Å². The average Bonchev–Trinajstić information content (AvgIpc) is 2.82. The van der Waals surface area contributed by atoms with Gasteiger partial charge in [0.1, 0.15) is 5.82 Å². The molecule has 1 fully saturated rings. The Bertz CT molecular complexity index is 481. The maximum Gasteiger partial charge on any atom is 0.175 e. The summed E-state index contributed by atoms with van der Waals surface area (Å²) in [7, 11) is 1.69. The largest absolute Gasteiger partial charge is 0.379 e. The van der Waals surface area contributed by atoms with Gasteiger partial charge in [-0.2, -0.15) is 0 Å². The molecule has 1 aromatic carbocycles. The zero-order chi connectivity index (χ0) is 13.3. The maximum absolute atomic E-state index is 13.8. The minimum Gasteiger partial charge on any atom is -0.379 e. The fourth-order valence-corrected chi connectivity index (χ4v) is 2.37. The monoisotopic (exact) mass is 319 g/mol. The number of hydrogen-bond donors (Lipinski definition) is 1. The lowest BCUT2D eigenvalue weighted by molar-refractivity contribution is 0.0883. The van der Waals surface area contributed by atoms with E-state index in [0.717, 1.165) is 6.07 Å². The number of carbonyl (C=O) groups is 1. The number of nitrogens with one attached hydrogen (secondary N) is 1. The van der Waals surface area contributed by atoms with Gasteiger partial charge in [-0.1, -0.05) is 0 Å². The molecule has 6 heteroatoms. The maximum atomic E-state index is 13.8. The zero-order valence-electron chi connectivity index (χ0n) is 9.67. The molecule has 0 spiro atoms. The van der Waals surface area contributed by atoms with Gasteiger partial charge in [-0.15, -0.1) is 0 Å². The van der Waals surface area contributed by atoms with Crippen LogP contribution in [0.2, 0.25) is 0 Å². The van der Waals surface area contributed by atoms with Crippen LogP contribution in [0.5, 0.6) is 0 Å². The van der Waals surface area contributed by atoms with Gasteiger partial charge in [0.15, 0.2) is 11.6 Å². The lowest BCUT2D eigenvalue weighted by Crippen LogP contribution is -2.37. The number of halogens is 3. The second-order valence-electron chi connectivity index (χ2n) is 4.12. The Hall–Kier alpha value is -0.850. The van der Waals surface area contributed by atoms with Crippen LogP contribution in [0.25, 0.3) is 0 Å². The van der Waals surface area contributed by atoms with Gasteiger partial charge in [0.25, 0.3) is 0 Å². The summed E-state index contributed by atoms with van der Waals surface area (Å²) in [6.07, 6.45) is 0. The van der Waals surface area contributed by atoms with E-state index < -0.39 is 28.9 Å². The molecule has 0 aliphatic carbocycles. The number of carbonyl (C=O) groups excluding carboxylic acids is 1. The molecule has 2 unspecified atom stereocenters. The Morgan fingerprint density at radius 1 is 1.44 bits per heavy atom. The smallest absolute Gasteiger partial charge is 0.175 e. The Balaban J connectivity index is 2.37. The number of Topliss-reactive ketones (excluding diaryl/α,β-unsaturated/α-hetero) is 1. The Morgan fingerprint density at radius 3 is 2.83 bits per heavy atom. The van der Waals surface area contributed by atoms with Crippen LogP contribution in [0.15, 0.2) is 16.6 Å². The van der Waals surface area contributed by atoms with Crippen molar-refractivity contribution in [1.82, 2.24) is 5.32 Å². The zero-order valence-corrected chi connectivity index (χ0v) is 11.3. The van der Waals surface area contributed by atoms with Crippen LogP contribution >= 0.6 is 15.9 Å². The molecule has 1 heterocycles. The molecule has 18 heavy (non-hydrogen) atoms. The molecule has 1 N–H and O–H groups in total. The summed E-state index contributed by atoms with van der Waals surface area (Å²) < 4.78 is 32.7. The summed E-state index contributed by atoms with van der Waals surface area (Å²) in [5.74, 6) is -2.83. The third kappa shape index (κ3) is 2.32. The fourth-order valence-electron chi connectivity index (χ4n) is 2.04. The van der Waals surface area contributed by atoms with Crippen molar-refractivity contribution in [1.29, 1.82) is 0 Å². The van der Waals surface area contributed by atoms with Crippen molar-refractivity contribution in [2.45, 2.75) is 6.04 Å². The first-order chi connectivity index (χ1) is 8.56. The van der Waals surface area contributed by atoms with E-state index >= 15 is 0 Å². The topological polar surface area (TPSA) is 38.3 Å². The Labute approximate surface area is 112 Å². The molecule has 0 aromatic heterocycles. The van der Waals surface area contributed by atoms with Crippen molar-refractivity contribution in [2.75, 3.05) is 20.3 Å². The second-order valence-corrected chi connectivity index (χ2v) is 4.98. The van der Waals surface area contributed by atoms with Crippen molar-refractivity contribution in [3.8, 4) is 0 Å². The molecule has 1 aliphatic rings. The highest BCUT2D eigenvalue weighted by Gasteiger charge is 2.36. The highest BCUT2D eigenvalue weighted by atomic mass is 79.9. The lowest BCUT2D eigenvalue weighted by Gasteiger charge is -2.16. The lowest BCUT2D eigenvalue weighted by atomic mass is 9.93. The van der Waals surface area contributed by atoms with E-state index in [4.69, 9.17) is 4.74 Å². The third-order valence-electron chi connectivity index (χ3n) is 3.08. The minimum atomic E-state index is -0.859. The van der Waals surface area contributed by atoms with Crippen LogP contribution in [0.3, 0.4) is 0 Å². The molecule has 0 amide bonds. The number of ether oxygens (including phenoxy) is 1. The van der Waals surface area contributed by atoms with Gasteiger partial charge in [-0.3, -0.25) is 4.79 Å². The van der Waals surface area contributed by atoms with E-state index in [0.29, 0.717) is 6.61 Å². The first-order valence-electron chi connectivity index (χ1n) is 5.49. The molecule has 0 bridgehead atoms. The third-order valence-corrected chi connectivity index (χ3v) is 3.69. The molecule has 2 atom stereocenters. The van der Waals surface area contributed by atoms with Gasteiger partial charge in [-0.05, 0) is 35.1 Å². The SMILES string of the molecule is CNC1COCC1C(=O)c1c(F)ccc(Br)c1F. The summed E-state index contributed by atoms with van der Waals surface area (Å²) in [6, 6.07) is 2.10. The van der Waals surface area contributed by atoms with Crippen LogP contribution in [-0.4, -0.2) is 32.1 Å². The van der Waals surface area contributed by atoms with Gasteiger partial charge in [-0.25, -0.2) is 8.78 Å². The number of rotatable bonds is 3. The average molecular weight is 320 g/mol. The molecule has 0 saturated carbocycles. The second kappa shape index (κ2) is 5.42. The van der Waals surface area contributed by atoms with Crippen molar-refractivity contribution >= 4 is 21.7 Å². The van der Waals surface area contributed by atoms with E-state index in [1.54, 1.807) is 7.05 Å². The molecular weight excluding hydrogens is 308 g/mol. The number of ketones is 1. The molecule has 1 aliphatic heterocycles. The molecule has 2 rings (SSSR count). The number of hydrogen-bond acceptors (Lipinski definition) is 3. The van der Waals surface area contributed by atoms with Crippen molar-refractivity contribution in [3.63, 3.8) is 0 Å². The number of benzene rings is 1. The molecule has 3 nitrogen and oxygen atoms in total. The van der Waals surface area contributed by atoms with Gasteiger partial charge < -0.3 is 10.1 Å². The molecule has 0 radical (unpaired) electrons. The van der Waals surface area contributed by atoms with Crippen molar-refractivity contribution in [3.05, 3.63) is 33.8 Å². The predicted molar refractivity (Wildman–Crippen MR) is 65.5 cm³/mol. The van der Waals surface area contributed by atoms with Gasteiger partial charge in [0.2, 0.25) is 0 Å². The molecule has 98 valence electrons. The number of likely N-dealkylation sites (N-methyl/N-ethyl adjacent to an activating group) is 1. The van der Waals surface area contributed by atoms with Crippen molar-refractivity contribution < 1.29 is 18.3 Å². The summed E-state index contributed by atoms with van der Waals surface area (Å²) in [4.78, 5) is 12.2. The van der Waals surface area contributed by atoms with E-state index in [-0.39, 0.29) is 17.1 Å². The summed E-state index contributed by atoms with van der Waals surface area (Å²) in [5.41, 5.74) is -0.500. The molecule has 1 aromatic rings. The van der Waals surface area contributed by atoms with Crippen LogP contribution in [0, 0.1) is 17.6 Å². The molecular formula is C12H12BrF2NO2. The predicted octanol–water partition coefficient (Wildman–Crippen LogP) is 2.14. The van der Waals surface area contributed by atoms with E-state index in [1.807, 2.05) is 0 Å². The van der Waals surface area contributed by atoms with Crippen LogP contribution in [-0.2, 0) is 4.74 Å². The summed E-state index contributed by atoms with van der Waals surface area (Å²) >= 11 is 2.95. The minimum absolute atomic E-state index is 0.0761. The quantitative estimate of drug-likeness (QED) is 0.685. The highest BCUT2D eigenvalue weighted by Crippen LogP contribution is 2.26.